The van der Waals surface area contributed by atoms with Crippen molar-refractivity contribution >= 4 is 38.7 Å². The topological polar surface area (TPSA) is 32.9 Å². The first kappa shape index (κ1) is 15.8. The fourth-order valence-electron chi connectivity index (χ4n) is 2.80. The van der Waals surface area contributed by atoms with E-state index in [-0.39, 0.29) is 11.7 Å². The zero-order chi connectivity index (χ0) is 16.2. The standard InChI is InChI=1S/C20H18BrNO/c1-14(23)11-16(8-7-15-5-3-2-4-6-15)19-13-22-20-10-9-17(21)12-18(19)20/h2-10,12-13,16,22H,11H2,1H3/b8-7+/t16-/m1/s1. The summed E-state index contributed by atoms with van der Waals surface area (Å²) < 4.78 is 1.04. The van der Waals surface area contributed by atoms with Crippen molar-refractivity contribution in [2.24, 2.45) is 0 Å². The molecule has 0 saturated heterocycles. The van der Waals surface area contributed by atoms with Crippen LogP contribution in [0, 0.1) is 0 Å². The normalized spacial score (nSPS) is 12.8. The number of halogens is 1. The van der Waals surface area contributed by atoms with E-state index in [2.05, 4.69) is 57.3 Å². The molecule has 0 unspecified atom stereocenters. The lowest BCUT2D eigenvalue weighted by Gasteiger charge is -2.10. The smallest absolute Gasteiger partial charge is 0.130 e. The zero-order valence-corrected chi connectivity index (χ0v) is 14.5. The number of aromatic amines is 1. The molecule has 2 aromatic carbocycles. The first-order chi connectivity index (χ1) is 11.1. The molecule has 1 N–H and O–H groups in total. The summed E-state index contributed by atoms with van der Waals surface area (Å²) in [4.78, 5) is 15.0. The third kappa shape index (κ3) is 3.80. The number of rotatable bonds is 5. The number of nitrogens with one attached hydrogen (secondary N) is 1. The van der Waals surface area contributed by atoms with Gasteiger partial charge in [0.05, 0.1) is 0 Å². The predicted molar refractivity (Wildman–Crippen MR) is 99.5 cm³/mol. The molecule has 116 valence electrons. The van der Waals surface area contributed by atoms with Crippen molar-refractivity contribution in [3.05, 3.63) is 76.4 Å². The van der Waals surface area contributed by atoms with Gasteiger partial charge in [-0.05, 0) is 36.2 Å². The zero-order valence-electron chi connectivity index (χ0n) is 12.9. The number of H-pyrrole nitrogens is 1. The minimum Gasteiger partial charge on any atom is -0.361 e. The second-order valence-corrected chi connectivity index (χ2v) is 6.63. The maximum atomic E-state index is 11.7. The number of benzene rings is 2. The third-order valence-electron chi connectivity index (χ3n) is 3.90. The molecular formula is C20H18BrNO. The molecule has 1 heterocycles. The van der Waals surface area contributed by atoms with Crippen LogP contribution in [0.1, 0.15) is 30.4 Å². The molecule has 1 atom stereocenters. The maximum Gasteiger partial charge on any atom is 0.130 e. The summed E-state index contributed by atoms with van der Waals surface area (Å²) in [5.41, 5.74) is 3.38. The lowest BCUT2D eigenvalue weighted by molar-refractivity contribution is -0.117. The van der Waals surface area contributed by atoms with Crippen molar-refractivity contribution in [1.29, 1.82) is 0 Å². The van der Waals surface area contributed by atoms with Crippen LogP contribution in [0.3, 0.4) is 0 Å². The van der Waals surface area contributed by atoms with Crippen molar-refractivity contribution in [3.8, 4) is 0 Å². The summed E-state index contributed by atoms with van der Waals surface area (Å²) in [7, 11) is 0. The van der Waals surface area contributed by atoms with Crippen molar-refractivity contribution in [2.75, 3.05) is 0 Å². The van der Waals surface area contributed by atoms with Gasteiger partial charge in [-0.1, -0.05) is 58.4 Å². The summed E-state index contributed by atoms with van der Waals surface area (Å²) in [5, 5.41) is 1.16. The molecule has 0 fully saturated rings. The molecule has 0 aliphatic heterocycles. The summed E-state index contributed by atoms with van der Waals surface area (Å²) in [6.07, 6.45) is 6.73. The molecule has 2 nitrogen and oxygen atoms in total. The molecule has 0 saturated carbocycles. The van der Waals surface area contributed by atoms with Crippen LogP contribution in [0.2, 0.25) is 0 Å². The third-order valence-corrected chi connectivity index (χ3v) is 4.40. The summed E-state index contributed by atoms with van der Waals surface area (Å²) in [6.45, 7) is 1.65. The summed E-state index contributed by atoms with van der Waals surface area (Å²) >= 11 is 3.53. The van der Waals surface area contributed by atoms with Gasteiger partial charge >= 0.3 is 0 Å². The van der Waals surface area contributed by atoms with Gasteiger partial charge in [0, 0.05) is 33.9 Å². The molecule has 0 bridgehead atoms. The quantitative estimate of drug-likeness (QED) is 0.615. The summed E-state index contributed by atoms with van der Waals surface area (Å²) in [5.74, 6) is 0.257. The molecule has 0 aliphatic carbocycles. The monoisotopic (exact) mass is 367 g/mol. The lowest BCUT2D eigenvalue weighted by atomic mass is 9.92. The molecular weight excluding hydrogens is 350 g/mol. The van der Waals surface area contributed by atoms with Gasteiger partial charge in [-0.25, -0.2) is 0 Å². The van der Waals surface area contributed by atoms with Gasteiger partial charge in [-0.3, -0.25) is 4.79 Å². The average Bonchev–Trinajstić information content (AvgIpc) is 2.95. The van der Waals surface area contributed by atoms with E-state index in [1.807, 2.05) is 30.5 Å². The number of hydrogen-bond acceptors (Lipinski definition) is 1. The summed E-state index contributed by atoms with van der Waals surface area (Å²) in [6, 6.07) is 16.3. The highest BCUT2D eigenvalue weighted by Crippen LogP contribution is 2.31. The van der Waals surface area contributed by atoms with Gasteiger partial charge in [0.15, 0.2) is 0 Å². The van der Waals surface area contributed by atoms with Crippen LogP contribution in [-0.2, 0) is 4.79 Å². The second-order valence-electron chi connectivity index (χ2n) is 5.72. The van der Waals surface area contributed by atoms with E-state index in [9.17, 15) is 4.79 Å². The van der Waals surface area contributed by atoms with Crippen LogP contribution in [0.25, 0.3) is 17.0 Å². The Balaban J connectivity index is 1.99. The van der Waals surface area contributed by atoms with Crippen LogP contribution in [0.4, 0.5) is 0 Å². The molecule has 23 heavy (non-hydrogen) atoms. The number of hydrogen-bond donors (Lipinski definition) is 1. The van der Waals surface area contributed by atoms with E-state index in [0.29, 0.717) is 6.42 Å². The van der Waals surface area contributed by atoms with E-state index < -0.39 is 0 Å². The first-order valence-corrected chi connectivity index (χ1v) is 8.42. The largest absolute Gasteiger partial charge is 0.361 e. The average molecular weight is 368 g/mol. The lowest BCUT2D eigenvalue weighted by Crippen LogP contribution is -2.01. The van der Waals surface area contributed by atoms with Gasteiger partial charge in [0.2, 0.25) is 0 Å². The van der Waals surface area contributed by atoms with E-state index >= 15 is 0 Å². The van der Waals surface area contributed by atoms with Crippen LogP contribution in [0.15, 0.2) is 65.3 Å². The fourth-order valence-corrected chi connectivity index (χ4v) is 3.17. The van der Waals surface area contributed by atoms with Gasteiger partial charge in [-0.2, -0.15) is 0 Å². The van der Waals surface area contributed by atoms with Gasteiger partial charge in [0.1, 0.15) is 5.78 Å². The Morgan fingerprint density at radius 1 is 1.22 bits per heavy atom. The SMILES string of the molecule is CC(=O)C[C@@H](/C=C/c1ccccc1)c1c[nH]c2ccc(Br)cc12. The molecule has 0 amide bonds. The van der Waals surface area contributed by atoms with E-state index in [1.54, 1.807) is 6.92 Å². The Labute approximate surface area is 144 Å². The molecule has 3 heteroatoms. The molecule has 3 rings (SSSR count). The number of aromatic nitrogens is 1. The Kier molecular flexibility index (Phi) is 4.77. The maximum absolute atomic E-state index is 11.7. The number of carbonyl (C=O) groups excluding carboxylic acids is 1. The highest BCUT2D eigenvalue weighted by molar-refractivity contribution is 9.10. The highest BCUT2D eigenvalue weighted by Gasteiger charge is 2.15. The Hall–Kier alpha value is -2.13. The van der Waals surface area contributed by atoms with Crippen molar-refractivity contribution < 1.29 is 4.79 Å². The number of Topliss-reactive ketones (excluding diaryl/α,β-unsaturated/α-hetero) is 1. The van der Waals surface area contributed by atoms with Crippen LogP contribution in [-0.4, -0.2) is 10.8 Å². The van der Waals surface area contributed by atoms with Gasteiger partial charge in [-0.15, -0.1) is 0 Å². The molecule has 0 aliphatic rings. The minimum atomic E-state index is 0.0655. The van der Waals surface area contributed by atoms with Crippen LogP contribution >= 0.6 is 15.9 Å². The molecule has 3 aromatic rings. The minimum absolute atomic E-state index is 0.0655. The van der Waals surface area contributed by atoms with Gasteiger partial charge < -0.3 is 4.98 Å². The van der Waals surface area contributed by atoms with Crippen molar-refractivity contribution in [3.63, 3.8) is 0 Å². The van der Waals surface area contributed by atoms with Crippen LogP contribution in [0.5, 0.6) is 0 Å². The second kappa shape index (κ2) is 6.97. The van der Waals surface area contributed by atoms with Gasteiger partial charge in [0.25, 0.3) is 0 Å². The van der Waals surface area contributed by atoms with E-state index in [0.717, 1.165) is 26.5 Å². The molecule has 0 radical (unpaired) electrons. The Morgan fingerprint density at radius 3 is 2.74 bits per heavy atom. The molecule has 0 spiro atoms. The predicted octanol–water partition coefficient (Wildman–Crippen LogP) is 5.71. The van der Waals surface area contributed by atoms with E-state index in [1.165, 1.54) is 0 Å². The van der Waals surface area contributed by atoms with Crippen LogP contribution < -0.4 is 0 Å². The van der Waals surface area contributed by atoms with E-state index in [4.69, 9.17) is 0 Å². The first-order valence-electron chi connectivity index (χ1n) is 7.62. The Bertz CT molecular complexity index is 848. The number of fused-ring (bicyclic) bond motifs is 1. The number of carbonyl (C=O) groups is 1. The number of allylic oxidation sites excluding steroid dienone is 1. The fraction of sp³-hybridized carbons (Fsp3) is 0.150. The Morgan fingerprint density at radius 2 is 2.00 bits per heavy atom. The molecule has 1 aromatic heterocycles. The highest BCUT2D eigenvalue weighted by atomic mass is 79.9. The van der Waals surface area contributed by atoms with Crippen molar-refractivity contribution in [1.82, 2.24) is 4.98 Å². The van der Waals surface area contributed by atoms with Crippen molar-refractivity contribution in [2.45, 2.75) is 19.3 Å². The number of ketones is 1.